The Hall–Kier alpha value is -0.590. The molecule has 7 heavy (non-hydrogen) atoms. The van der Waals surface area contributed by atoms with E-state index in [0.29, 0.717) is 13.0 Å². The van der Waals surface area contributed by atoms with Crippen LogP contribution in [0.3, 0.4) is 0 Å². The first-order chi connectivity index (χ1) is 3.41. The van der Waals surface area contributed by atoms with Crippen molar-refractivity contribution in [3.8, 4) is 0 Å². The van der Waals surface area contributed by atoms with Crippen LogP contribution in [0, 0.1) is 0 Å². The summed E-state index contributed by atoms with van der Waals surface area (Å²) in [5, 5.41) is 8.18. The number of aliphatic imine (C=N–C) groups is 1. The van der Waals surface area contributed by atoms with Crippen molar-refractivity contribution in [3.63, 3.8) is 0 Å². The second-order valence-corrected chi connectivity index (χ2v) is 1.12. The van der Waals surface area contributed by atoms with Crippen molar-refractivity contribution in [1.82, 2.24) is 0 Å². The third kappa shape index (κ3) is 5.41. The highest BCUT2D eigenvalue weighted by molar-refractivity contribution is 5.46. The first-order valence-electron chi connectivity index (χ1n) is 2.21. The van der Waals surface area contributed by atoms with Gasteiger partial charge < -0.3 is 5.11 Å². The fourth-order valence-electron chi connectivity index (χ4n) is 0.229. The van der Waals surface area contributed by atoms with Crippen molar-refractivity contribution in [3.05, 3.63) is 6.58 Å². The Bertz CT molecular complexity index is 74.1. The highest BCUT2D eigenvalue weighted by atomic mass is 16.2. The summed E-state index contributed by atoms with van der Waals surface area (Å²) >= 11 is 0. The van der Waals surface area contributed by atoms with E-state index in [2.05, 4.69) is 17.4 Å². The van der Waals surface area contributed by atoms with Crippen molar-refractivity contribution in [1.29, 1.82) is 0 Å². The lowest BCUT2D eigenvalue weighted by molar-refractivity contribution is 0.291. The molecular formula is C5H9NO. The van der Waals surface area contributed by atoms with Gasteiger partial charge in [0.2, 0.25) is 0 Å². The second kappa shape index (κ2) is 5.41. The fourth-order valence-corrected chi connectivity index (χ4v) is 0.229. The van der Waals surface area contributed by atoms with Crippen molar-refractivity contribution >= 4 is 5.87 Å². The Balaban J connectivity index is 2.83. The van der Waals surface area contributed by atoms with Crippen molar-refractivity contribution in [2.24, 2.45) is 4.99 Å². The monoisotopic (exact) mass is 99.1 g/mol. The average molecular weight is 99.1 g/mol. The molecule has 0 aromatic carbocycles. The molecule has 40 valence electrons. The molecule has 2 heteroatoms. The summed E-state index contributed by atoms with van der Waals surface area (Å²) in [4.78, 5) is 3.64. The Morgan fingerprint density at radius 3 is 2.86 bits per heavy atom. The highest BCUT2D eigenvalue weighted by Gasteiger charge is 1.74. The van der Waals surface area contributed by atoms with E-state index in [0.717, 1.165) is 0 Å². The summed E-state index contributed by atoms with van der Waals surface area (Å²) in [5.74, 6) is 2.37. The van der Waals surface area contributed by atoms with Crippen LogP contribution in [-0.2, 0) is 0 Å². The molecule has 0 spiro atoms. The van der Waals surface area contributed by atoms with Crippen LogP contribution >= 0.6 is 0 Å². The number of hydrogen-bond donors (Lipinski definition) is 1. The molecule has 0 saturated heterocycles. The van der Waals surface area contributed by atoms with Crippen LogP contribution in [0.15, 0.2) is 11.6 Å². The molecule has 0 heterocycles. The normalized spacial score (nSPS) is 7.57. The lowest BCUT2D eigenvalue weighted by Crippen LogP contribution is -1.84. The van der Waals surface area contributed by atoms with Gasteiger partial charge in [0.15, 0.2) is 0 Å². The van der Waals surface area contributed by atoms with Gasteiger partial charge in [0, 0.05) is 6.61 Å². The number of aliphatic hydroxyl groups excluding tert-OH is 1. The summed E-state index contributed by atoms with van der Waals surface area (Å²) < 4.78 is 0. The van der Waals surface area contributed by atoms with Crippen LogP contribution in [0.5, 0.6) is 0 Å². The van der Waals surface area contributed by atoms with Crippen LogP contribution in [-0.4, -0.2) is 24.1 Å². The Morgan fingerprint density at radius 1 is 1.71 bits per heavy atom. The van der Waals surface area contributed by atoms with E-state index in [9.17, 15) is 0 Å². The van der Waals surface area contributed by atoms with Gasteiger partial charge in [-0.25, -0.2) is 4.99 Å². The zero-order valence-electron chi connectivity index (χ0n) is 4.22. The summed E-state index contributed by atoms with van der Waals surface area (Å²) in [5.41, 5.74) is 0. The highest BCUT2D eigenvalue weighted by Crippen LogP contribution is 1.73. The minimum absolute atomic E-state index is 0.200. The minimum Gasteiger partial charge on any atom is -0.396 e. The van der Waals surface area contributed by atoms with Gasteiger partial charge >= 0.3 is 0 Å². The maximum absolute atomic E-state index is 8.18. The van der Waals surface area contributed by atoms with Crippen LogP contribution in [0.2, 0.25) is 0 Å². The topological polar surface area (TPSA) is 32.6 Å². The van der Waals surface area contributed by atoms with E-state index in [1.165, 1.54) is 0 Å². The zero-order valence-corrected chi connectivity index (χ0v) is 4.22. The molecule has 0 amide bonds. The Morgan fingerprint density at radius 2 is 2.43 bits per heavy atom. The lowest BCUT2D eigenvalue weighted by atomic mass is 10.5. The molecule has 0 radical (unpaired) electrons. The summed E-state index contributed by atoms with van der Waals surface area (Å²) in [7, 11) is 0. The van der Waals surface area contributed by atoms with Gasteiger partial charge in [0.25, 0.3) is 0 Å². The standard InChI is InChI=1S/C5H9NO/c1-2-6-4-3-5-7/h7H,1,3-5H2. The summed E-state index contributed by atoms with van der Waals surface area (Å²) in [6.45, 7) is 4.10. The molecule has 0 saturated carbocycles. The van der Waals surface area contributed by atoms with Crippen LogP contribution in [0.25, 0.3) is 0 Å². The zero-order chi connectivity index (χ0) is 5.54. The third-order valence-corrected chi connectivity index (χ3v) is 0.540. The molecule has 0 unspecified atom stereocenters. The molecule has 0 aliphatic heterocycles. The van der Waals surface area contributed by atoms with Crippen LogP contribution in [0.4, 0.5) is 0 Å². The van der Waals surface area contributed by atoms with Gasteiger partial charge in [-0.1, -0.05) is 0 Å². The van der Waals surface area contributed by atoms with Crippen molar-refractivity contribution in [2.45, 2.75) is 6.42 Å². The first-order valence-corrected chi connectivity index (χ1v) is 2.21. The van der Waals surface area contributed by atoms with Gasteiger partial charge in [0.1, 0.15) is 0 Å². The van der Waals surface area contributed by atoms with Gasteiger partial charge in [-0.3, -0.25) is 0 Å². The molecule has 0 rings (SSSR count). The smallest absolute Gasteiger partial charge is 0.0505 e. The van der Waals surface area contributed by atoms with E-state index >= 15 is 0 Å². The van der Waals surface area contributed by atoms with E-state index in [1.807, 2.05) is 0 Å². The van der Waals surface area contributed by atoms with Gasteiger partial charge in [-0.2, -0.15) is 0 Å². The molecule has 0 bridgehead atoms. The number of rotatable bonds is 3. The SMILES string of the molecule is C=C=NCCCO. The van der Waals surface area contributed by atoms with Gasteiger partial charge in [-0.05, 0) is 18.9 Å². The van der Waals surface area contributed by atoms with E-state index < -0.39 is 0 Å². The minimum atomic E-state index is 0.200. The van der Waals surface area contributed by atoms with Gasteiger partial charge in [0.05, 0.1) is 6.54 Å². The van der Waals surface area contributed by atoms with E-state index in [-0.39, 0.29) is 6.61 Å². The molecule has 0 aromatic heterocycles. The van der Waals surface area contributed by atoms with Crippen LogP contribution < -0.4 is 0 Å². The predicted octanol–water partition coefficient (Wildman–Crippen LogP) is 0.225. The number of hydrogen-bond acceptors (Lipinski definition) is 2. The van der Waals surface area contributed by atoms with E-state index in [4.69, 9.17) is 5.11 Å². The summed E-state index contributed by atoms with van der Waals surface area (Å²) in [6.07, 6.45) is 0.711. The average Bonchev–Trinajstić information content (AvgIpc) is 1.69. The molecule has 2 nitrogen and oxygen atoms in total. The first kappa shape index (κ1) is 6.41. The maximum Gasteiger partial charge on any atom is 0.0505 e. The van der Waals surface area contributed by atoms with E-state index in [1.54, 1.807) is 0 Å². The second-order valence-electron chi connectivity index (χ2n) is 1.12. The Labute approximate surface area is 43.2 Å². The quantitative estimate of drug-likeness (QED) is 0.398. The fraction of sp³-hybridized carbons (Fsp3) is 0.600. The molecule has 0 fully saturated rings. The molecule has 0 aromatic rings. The van der Waals surface area contributed by atoms with Crippen LogP contribution in [0.1, 0.15) is 6.42 Å². The number of aliphatic hydroxyl groups is 1. The number of nitrogens with zero attached hydrogens (tertiary/aromatic N) is 1. The predicted molar refractivity (Wildman–Crippen MR) is 29.6 cm³/mol. The molecule has 0 atom stereocenters. The Kier molecular flexibility index (Phi) is 4.95. The largest absolute Gasteiger partial charge is 0.396 e. The molecule has 0 aliphatic rings. The summed E-state index contributed by atoms with van der Waals surface area (Å²) in [6, 6.07) is 0. The van der Waals surface area contributed by atoms with Crippen molar-refractivity contribution < 1.29 is 5.11 Å². The maximum atomic E-state index is 8.18. The van der Waals surface area contributed by atoms with Gasteiger partial charge in [-0.15, -0.1) is 0 Å². The molecule has 1 N–H and O–H groups in total. The third-order valence-electron chi connectivity index (χ3n) is 0.540. The lowest BCUT2D eigenvalue weighted by Gasteiger charge is -1.82. The molecule has 0 aliphatic carbocycles. The van der Waals surface area contributed by atoms with Crippen molar-refractivity contribution in [2.75, 3.05) is 13.2 Å². The molecular weight excluding hydrogens is 90.1 g/mol.